The van der Waals surface area contributed by atoms with E-state index in [1.165, 1.54) is 37.4 Å². The van der Waals surface area contributed by atoms with Crippen LogP contribution in [0.3, 0.4) is 0 Å². The quantitative estimate of drug-likeness (QED) is 0.183. The lowest BCUT2D eigenvalue weighted by atomic mass is 10.1. The van der Waals surface area contributed by atoms with Gasteiger partial charge in [0.15, 0.2) is 6.10 Å². The van der Waals surface area contributed by atoms with Crippen LogP contribution in [-0.4, -0.2) is 29.1 Å². The van der Waals surface area contributed by atoms with Gasteiger partial charge in [0.2, 0.25) is 0 Å². The molecule has 1 amide bonds. The zero-order chi connectivity index (χ0) is 23.8. The number of nitrogens with one attached hydrogen (secondary N) is 1. The first-order valence-electron chi connectivity index (χ1n) is 9.95. The van der Waals surface area contributed by atoms with Crippen LogP contribution < -0.4 is 14.9 Å². The average Bonchev–Trinajstić information content (AvgIpc) is 2.81. The fraction of sp³-hybridized carbons (Fsp3) is 0.125. The number of rotatable bonds is 8. The Hall–Kier alpha value is -4.53. The van der Waals surface area contributed by atoms with E-state index < -0.39 is 22.9 Å². The van der Waals surface area contributed by atoms with Crippen molar-refractivity contribution in [1.29, 1.82) is 0 Å². The van der Waals surface area contributed by atoms with E-state index in [-0.39, 0.29) is 5.69 Å². The number of hydrogen-bond acceptors (Lipinski definition) is 7. The molecule has 0 radical (unpaired) electrons. The molecule has 3 aromatic carbocycles. The molecule has 9 heteroatoms. The lowest BCUT2D eigenvalue weighted by Gasteiger charge is -2.12. The fourth-order valence-electron chi connectivity index (χ4n) is 2.64. The van der Waals surface area contributed by atoms with Gasteiger partial charge in [-0.15, -0.1) is 0 Å². The molecular formula is C24H21N3O6. The topological polar surface area (TPSA) is 120 Å². The molecule has 33 heavy (non-hydrogen) atoms. The molecule has 0 unspecified atom stereocenters. The molecule has 0 aliphatic rings. The summed E-state index contributed by atoms with van der Waals surface area (Å²) in [4.78, 5) is 34.4. The molecule has 1 N–H and O–H groups in total. The van der Waals surface area contributed by atoms with Crippen molar-refractivity contribution in [2.75, 3.05) is 0 Å². The number of nitrogens with zero attached hydrogens (tertiary/aromatic N) is 2. The van der Waals surface area contributed by atoms with Crippen LogP contribution in [0.5, 0.6) is 11.5 Å². The molecule has 3 aromatic rings. The van der Waals surface area contributed by atoms with Crippen molar-refractivity contribution in [2.24, 2.45) is 5.10 Å². The molecule has 1 atom stereocenters. The van der Waals surface area contributed by atoms with E-state index in [0.717, 1.165) is 5.56 Å². The number of benzene rings is 3. The molecule has 0 bridgehead atoms. The molecule has 9 nitrogen and oxygen atoms in total. The first kappa shape index (κ1) is 23.1. The third-order valence-electron chi connectivity index (χ3n) is 4.50. The number of non-ortho nitro benzene ring substituents is 1. The van der Waals surface area contributed by atoms with Crippen molar-refractivity contribution >= 4 is 23.8 Å². The van der Waals surface area contributed by atoms with Gasteiger partial charge in [0, 0.05) is 12.1 Å². The highest BCUT2D eigenvalue weighted by atomic mass is 16.6. The van der Waals surface area contributed by atoms with Gasteiger partial charge in [-0.1, -0.05) is 17.7 Å². The minimum Gasteiger partial charge on any atom is -0.481 e. The van der Waals surface area contributed by atoms with Crippen molar-refractivity contribution in [3.05, 3.63) is 99.6 Å². The monoisotopic (exact) mass is 447 g/mol. The van der Waals surface area contributed by atoms with Crippen LogP contribution in [0.15, 0.2) is 77.9 Å². The Balaban J connectivity index is 1.49. The number of esters is 1. The van der Waals surface area contributed by atoms with E-state index in [0.29, 0.717) is 22.6 Å². The van der Waals surface area contributed by atoms with Gasteiger partial charge in [0.1, 0.15) is 11.5 Å². The number of nitro benzene ring substituents is 1. The van der Waals surface area contributed by atoms with E-state index in [1.807, 2.05) is 19.1 Å². The number of amides is 1. The largest absolute Gasteiger partial charge is 0.481 e. The van der Waals surface area contributed by atoms with Gasteiger partial charge in [0.05, 0.1) is 16.7 Å². The van der Waals surface area contributed by atoms with Gasteiger partial charge in [-0.25, -0.2) is 10.2 Å². The Morgan fingerprint density at radius 1 is 0.970 bits per heavy atom. The van der Waals surface area contributed by atoms with Crippen molar-refractivity contribution in [3.63, 3.8) is 0 Å². The van der Waals surface area contributed by atoms with Crippen LogP contribution in [-0.2, 0) is 4.79 Å². The number of hydrazone groups is 1. The summed E-state index contributed by atoms with van der Waals surface area (Å²) in [5.41, 5.74) is 4.48. The zero-order valence-electron chi connectivity index (χ0n) is 17.9. The Labute approximate surface area is 189 Å². The predicted molar refractivity (Wildman–Crippen MR) is 122 cm³/mol. The van der Waals surface area contributed by atoms with Gasteiger partial charge >= 0.3 is 5.97 Å². The van der Waals surface area contributed by atoms with Crippen LogP contribution in [0.1, 0.15) is 28.4 Å². The second-order valence-electron chi connectivity index (χ2n) is 7.07. The minimum atomic E-state index is -0.868. The fourth-order valence-corrected chi connectivity index (χ4v) is 2.64. The standard InChI is InChI=1S/C24H21N3O6/c1-16-3-7-19(8-4-16)24(29)33-22-11-5-18(6-12-22)15-25-26-23(28)17(2)32-21-13-9-20(10-14-21)27(30)31/h3-15,17H,1-2H3,(H,26,28)/b25-15-/t17-/m1/s1. The maximum Gasteiger partial charge on any atom is 0.343 e. The van der Waals surface area contributed by atoms with E-state index in [9.17, 15) is 19.7 Å². The number of hydrogen-bond donors (Lipinski definition) is 1. The van der Waals surface area contributed by atoms with E-state index in [2.05, 4.69) is 10.5 Å². The highest BCUT2D eigenvalue weighted by molar-refractivity contribution is 5.91. The van der Waals surface area contributed by atoms with E-state index in [1.54, 1.807) is 36.4 Å². The summed E-state index contributed by atoms with van der Waals surface area (Å²) in [7, 11) is 0. The van der Waals surface area contributed by atoms with Crippen LogP contribution in [0.4, 0.5) is 5.69 Å². The van der Waals surface area contributed by atoms with Gasteiger partial charge in [-0.2, -0.15) is 5.10 Å². The highest BCUT2D eigenvalue weighted by Gasteiger charge is 2.15. The van der Waals surface area contributed by atoms with Crippen LogP contribution in [0.2, 0.25) is 0 Å². The molecule has 0 saturated heterocycles. The van der Waals surface area contributed by atoms with Gasteiger partial charge in [-0.3, -0.25) is 14.9 Å². The molecule has 0 spiro atoms. The number of ether oxygens (including phenoxy) is 2. The van der Waals surface area contributed by atoms with Crippen LogP contribution >= 0.6 is 0 Å². The van der Waals surface area contributed by atoms with Crippen molar-refractivity contribution in [2.45, 2.75) is 20.0 Å². The third-order valence-corrected chi connectivity index (χ3v) is 4.50. The number of nitro groups is 1. The Morgan fingerprint density at radius 2 is 1.58 bits per heavy atom. The average molecular weight is 447 g/mol. The predicted octanol–water partition coefficient (Wildman–Crippen LogP) is 4.04. The molecule has 0 heterocycles. The first-order valence-corrected chi connectivity index (χ1v) is 9.95. The maximum atomic E-state index is 12.2. The van der Waals surface area contributed by atoms with Gasteiger partial charge in [-0.05, 0) is 67.9 Å². The minimum absolute atomic E-state index is 0.0695. The molecule has 0 aromatic heterocycles. The maximum absolute atomic E-state index is 12.2. The number of aryl methyl sites for hydroxylation is 1. The zero-order valence-corrected chi connectivity index (χ0v) is 17.9. The molecule has 3 rings (SSSR count). The van der Waals surface area contributed by atoms with Crippen molar-refractivity contribution in [1.82, 2.24) is 5.43 Å². The first-order chi connectivity index (χ1) is 15.8. The number of carbonyl (C=O) groups excluding carboxylic acids is 2. The smallest absolute Gasteiger partial charge is 0.343 e. The van der Waals surface area contributed by atoms with Crippen LogP contribution in [0.25, 0.3) is 0 Å². The lowest BCUT2D eigenvalue weighted by molar-refractivity contribution is -0.384. The summed E-state index contributed by atoms with van der Waals surface area (Å²) in [5.74, 6) is -0.242. The van der Waals surface area contributed by atoms with Gasteiger partial charge < -0.3 is 9.47 Å². The highest BCUT2D eigenvalue weighted by Crippen LogP contribution is 2.18. The van der Waals surface area contributed by atoms with Crippen molar-refractivity contribution in [3.8, 4) is 11.5 Å². The van der Waals surface area contributed by atoms with Crippen molar-refractivity contribution < 1.29 is 24.0 Å². The summed E-state index contributed by atoms with van der Waals surface area (Å²) in [6, 6.07) is 19.1. The summed E-state index contributed by atoms with van der Waals surface area (Å²) in [6.07, 6.45) is 0.564. The molecule has 0 saturated carbocycles. The second-order valence-corrected chi connectivity index (χ2v) is 7.07. The molecule has 168 valence electrons. The number of carbonyl (C=O) groups is 2. The molecule has 0 aliphatic carbocycles. The Morgan fingerprint density at radius 3 is 2.18 bits per heavy atom. The van der Waals surface area contributed by atoms with Gasteiger partial charge in [0.25, 0.3) is 11.6 Å². The summed E-state index contributed by atoms with van der Waals surface area (Å²) < 4.78 is 10.8. The SMILES string of the molecule is Cc1ccc(C(=O)Oc2ccc(/C=N\NC(=O)[C@@H](C)Oc3ccc([N+](=O)[O-])cc3)cc2)cc1. The Bertz CT molecular complexity index is 1160. The van der Waals surface area contributed by atoms with Crippen LogP contribution in [0, 0.1) is 17.0 Å². The normalized spacial score (nSPS) is 11.6. The third kappa shape index (κ3) is 6.73. The Kier molecular flexibility index (Phi) is 7.48. The molecule has 0 fully saturated rings. The van der Waals surface area contributed by atoms with E-state index >= 15 is 0 Å². The summed E-state index contributed by atoms with van der Waals surface area (Å²) >= 11 is 0. The summed E-state index contributed by atoms with van der Waals surface area (Å²) in [5, 5.41) is 14.6. The molecular weight excluding hydrogens is 426 g/mol. The molecule has 0 aliphatic heterocycles. The lowest BCUT2D eigenvalue weighted by Crippen LogP contribution is -2.33. The van der Waals surface area contributed by atoms with E-state index in [4.69, 9.17) is 9.47 Å². The second kappa shape index (κ2) is 10.7. The summed E-state index contributed by atoms with van der Waals surface area (Å²) in [6.45, 7) is 3.47.